The fourth-order valence-corrected chi connectivity index (χ4v) is 1.84. The number of rotatable bonds is 0. The first-order valence-corrected chi connectivity index (χ1v) is 3.90. The lowest BCUT2D eigenvalue weighted by Gasteiger charge is -1.92. The lowest BCUT2D eigenvalue weighted by Crippen LogP contribution is -2.30. The van der Waals surface area contributed by atoms with Gasteiger partial charge in [0.2, 0.25) is 5.82 Å². The third-order valence-electron chi connectivity index (χ3n) is 1.93. The van der Waals surface area contributed by atoms with Gasteiger partial charge in [0.15, 0.2) is 0 Å². The molecule has 10 heavy (non-hydrogen) atoms. The van der Waals surface area contributed by atoms with Crippen molar-refractivity contribution in [3.8, 4) is 0 Å². The van der Waals surface area contributed by atoms with Crippen molar-refractivity contribution >= 4 is 12.6 Å². The molecule has 3 nitrogen and oxygen atoms in total. The molecule has 1 unspecified atom stereocenters. The summed E-state index contributed by atoms with van der Waals surface area (Å²) in [6.45, 7) is 1.07. The van der Waals surface area contributed by atoms with E-state index >= 15 is 0 Å². The van der Waals surface area contributed by atoms with Crippen LogP contribution in [-0.2, 0) is 13.6 Å². The van der Waals surface area contributed by atoms with Crippen LogP contribution in [-0.4, -0.2) is 9.78 Å². The van der Waals surface area contributed by atoms with Gasteiger partial charge in [-0.25, -0.2) is 4.57 Å². The van der Waals surface area contributed by atoms with Gasteiger partial charge in [0.1, 0.15) is 0 Å². The summed E-state index contributed by atoms with van der Waals surface area (Å²) >= 11 is 4.43. The maximum atomic E-state index is 4.43. The van der Waals surface area contributed by atoms with E-state index in [1.165, 1.54) is 5.82 Å². The van der Waals surface area contributed by atoms with E-state index in [-0.39, 0.29) is 0 Å². The van der Waals surface area contributed by atoms with Gasteiger partial charge >= 0.3 is 0 Å². The first-order valence-electron chi connectivity index (χ1n) is 3.38. The minimum absolute atomic E-state index is 0.382. The zero-order valence-electron chi connectivity index (χ0n) is 5.86. The minimum Gasteiger partial charge on any atom is -0.233 e. The van der Waals surface area contributed by atoms with Gasteiger partial charge < -0.3 is 0 Å². The van der Waals surface area contributed by atoms with E-state index in [2.05, 4.69) is 22.3 Å². The number of aryl methyl sites for hydroxylation is 2. The standard InChI is InChI=1S/C6H9N3S/c1-8-6-5(10)2-3-9(6)4-7-8/h4-5H,2-3H2,1H3/p+1. The molecule has 1 aromatic heterocycles. The third-order valence-corrected chi connectivity index (χ3v) is 2.42. The molecule has 0 amide bonds. The quantitative estimate of drug-likeness (QED) is 0.417. The second-order valence-corrected chi connectivity index (χ2v) is 3.23. The molecule has 0 fully saturated rings. The Hall–Kier alpha value is -0.510. The smallest absolute Gasteiger partial charge is 0.233 e. The van der Waals surface area contributed by atoms with Crippen molar-refractivity contribution in [3.05, 3.63) is 12.2 Å². The van der Waals surface area contributed by atoms with E-state index in [4.69, 9.17) is 0 Å². The summed E-state index contributed by atoms with van der Waals surface area (Å²) in [6, 6.07) is 0. The van der Waals surface area contributed by atoms with E-state index in [0.29, 0.717) is 5.25 Å². The number of thiol groups is 1. The summed E-state index contributed by atoms with van der Waals surface area (Å²) in [7, 11) is 1.96. The van der Waals surface area contributed by atoms with Crippen LogP contribution in [0.2, 0.25) is 0 Å². The molecule has 0 saturated carbocycles. The molecule has 0 saturated heterocycles. The van der Waals surface area contributed by atoms with Gasteiger partial charge in [0, 0.05) is 11.5 Å². The highest BCUT2D eigenvalue weighted by molar-refractivity contribution is 7.80. The Morgan fingerprint density at radius 1 is 1.90 bits per heavy atom. The Balaban J connectivity index is 2.54. The van der Waals surface area contributed by atoms with Crippen LogP contribution in [0.3, 0.4) is 0 Å². The molecule has 1 atom stereocenters. The lowest BCUT2D eigenvalue weighted by molar-refractivity contribution is -0.691. The fraction of sp³-hybridized carbons (Fsp3) is 0.667. The van der Waals surface area contributed by atoms with Crippen LogP contribution < -0.4 is 4.57 Å². The van der Waals surface area contributed by atoms with E-state index in [0.717, 1.165) is 13.0 Å². The van der Waals surface area contributed by atoms with Crippen molar-refractivity contribution in [1.82, 2.24) is 9.78 Å². The molecule has 2 rings (SSSR count). The third kappa shape index (κ3) is 0.683. The zero-order chi connectivity index (χ0) is 7.14. The summed E-state index contributed by atoms with van der Waals surface area (Å²) in [4.78, 5) is 0. The van der Waals surface area contributed by atoms with E-state index < -0.39 is 0 Å². The summed E-state index contributed by atoms with van der Waals surface area (Å²) in [5, 5.41) is 4.50. The highest BCUT2D eigenvalue weighted by Gasteiger charge is 2.28. The number of hydrogen-bond acceptors (Lipinski definition) is 2. The fourth-order valence-electron chi connectivity index (χ4n) is 1.41. The Labute approximate surface area is 65.1 Å². The van der Waals surface area contributed by atoms with Crippen molar-refractivity contribution < 1.29 is 4.57 Å². The van der Waals surface area contributed by atoms with Crippen LogP contribution in [0, 0.1) is 0 Å². The summed E-state index contributed by atoms with van der Waals surface area (Å²) in [6.07, 6.45) is 3.00. The summed E-state index contributed by atoms with van der Waals surface area (Å²) < 4.78 is 4.04. The molecule has 4 heteroatoms. The van der Waals surface area contributed by atoms with E-state index in [1.54, 1.807) is 0 Å². The highest BCUT2D eigenvalue weighted by Crippen LogP contribution is 2.24. The van der Waals surface area contributed by atoms with Gasteiger partial charge in [-0.1, -0.05) is 0 Å². The molecule has 54 valence electrons. The van der Waals surface area contributed by atoms with Crippen LogP contribution in [0.25, 0.3) is 0 Å². The van der Waals surface area contributed by atoms with Crippen LogP contribution >= 0.6 is 12.6 Å². The Kier molecular flexibility index (Phi) is 1.23. The maximum absolute atomic E-state index is 4.43. The zero-order valence-corrected chi connectivity index (χ0v) is 6.75. The van der Waals surface area contributed by atoms with Crippen molar-refractivity contribution in [2.24, 2.45) is 7.05 Å². The predicted molar refractivity (Wildman–Crippen MR) is 39.7 cm³/mol. The summed E-state index contributed by atoms with van der Waals surface area (Å²) in [5.74, 6) is 1.23. The van der Waals surface area contributed by atoms with Crippen molar-refractivity contribution in [1.29, 1.82) is 0 Å². The van der Waals surface area contributed by atoms with Crippen molar-refractivity contribution in [2.75, 3.05) is 0 Å². The molecule has 0 radical (unpaired) electrons. The Bertz CT molecular complexity index is 255. The Morgan fingerprint density at radius 3 is 3.40 bits per heavy atom. The average molecular weight is 156 g/mol. The molecule has 0 aromatic carbocycles. The molecule has 1 aliphatic rings. The van der Waals surface area contributed by atoms with Crippen molar-refractivity contribution in [2.45, 2.75) is 18.2 Å². The van der Waals surface area contributed by atoms with Gasteiger partial charge in [-0.05, 0) is 0 Å². The number of hydrogen-bond donors (Lipinski definition) is 1. The monoisotopic (exact) mass is 156 g/mol. The molecule has 0 spiro atoms. The molecule has 1 aliphatic heterocycles. The number of aromatic nitrogens is 3. The SMILES string of the molecule is Cn1nc[n+]2c1C(S)CC2. The predicted octanol–water partition coefficient (Wildman–Crippen LogP) is 0.0822. The van der Waals surface area contributed by atoms with Gasteiger partial charge in [-0.15, -0.1) is 4.68 Å². The molecular weight excluding hydrogens is 146 g/mol. The van der Waals surface area contributed by atoms with Gasteiger partial charge in [0.05, 0.1) is 18.8 Å². The molecule has 2 heterocycles. The second kappa shape index (κ2) is 1.99. The van der Waals surface area contributed by atoms with E-state index in [9.17, 15) is 0 Å². The molecule has 0 bridgehead atoms. The molecule has 0 aliphatic carbocycles. The molecule has 1 aromatic rings. The summed E-state index contributed by atoms with van der Waals surface area (Å²) in [5.41, 5.74) is 0. The Morgan fingerprint density at radius 2 is 2.70 bits per heavy atom. The van der Waals surface area contributed by atoms with Gasteiger partial charge in [0.25, 0.3) is 6.33 Å². The van der Waals surface area contributed by atoms with Crippen LogP contribution in [0.15, 0.2) is 6.33 Å². The molecule has 0 N–H and O–H groups in total. The first-order chi connectivity index (χ1) is 4.79. The van der Waals surface area contributed by atoms with Crippen molar-refractivity contribution in [3.63, 3.8) is 0 Å². The minimum atomic E-state index is 0.382. The highest BCUT2D eigenvalue weighted by atomic mass is 32.1. The van der Waals surface area contributed by atoms with E-state index in [1.807, 2.05) is 18.1 Å². The topological polar surface area (TPSA) is 21.7 Å². The second-order valence-electron chi connectivity index (χ2n) is 2.61. The normalized spacial score (nSPS) is 23.2. The lowest BCUT2D eigenvalue weighted by atomic mass is 10.3. The van der Waals surface area contributed by atoms with Gasteiger partial charge in [-0.3, -0.25) is 0 Å². The average Bonchev–Trinajstić information content (AvgIpc) is 2.40. The van der Waals surface area contributed by atoms with Gasteiger partial charge in [-0.2, -0.15) is 12.6 Å². The molecular formula is C6H10N3S+. The number of nitrogens with zero attached hydrogens (tertiary/aromatic N) is 3. The van der Waals surface area contributed by atoms with Crippen LogP contribution in [0.5, 0.6) is 0 Å². The van der Waals surface area contributed by atoms with Crippen LogP contribution in [0.1, 0.15) is 17.5 Å². The van der Waals surface area contributed by atoms with Crippen LogP contribution in [0.4, 0.5) is 0 Å². The first kappa shape index (κ1) is 6.22. The maximum Gasteiger partial charge on any atom is 0.265 e. The largest absolute Gasteiger partial charge is 0.265 e. The number of fused-ring (bicyclic) bond motifs is 1.